The maximum atomic E-state index is 12.8. The molecule has 0 spiro atoms. The standard InChI is InChI=1S/C21H31N3O5S/c1-14(2)11-17(23-19(26)16(22-13-25)9-10-30-3)20(27)24-18(21(28)29)12-15-7-5-4-6-8-15/h4-8,13-14,16-18H,9-12H2,1-3H3,(H,22,25)(H,23,26)(H,24,27)(H,28,29)/t16-,17-,18+/m0/s1. The largest absolute Gasteiger partial charge is 0.480 e. The fraction of sp³-hybridized carbons (Fsp3) is 0.524. The molecule has 9 heteroatoms. The van der Waals surface area contributed by atoms with Crippen molar-refractivity contribution in [2.75, 3.05) is 12.0 Å². The molecule has 3 atom stereocenters. The lowest BCUT2D eigenvalue weighted by Gasteiger charge is -2.25. The van der Waals surface area contributed by atoms with Crippen molar-refractivity contribution in [3.05, 3.63) is 35.9 Å². The third-order valence-electron chi connectivity index (χ3n) is 4.43. The van der Waals surface area contributed by atoms with Gasteiger partial charge in [-0.25, -0.2) is 4.79 Å². The normalized spacial score (nSPS) is 13.7. The zero-order valence-electron chi connectivity index (χ0n) is 17.6. The fourth-order valence-corrected chi connectivity index (χ4v) is 3.38. The Balaban J connectivity index is 2.88. The van der Waals surface area contributed by atoms with E-state index in [0.717, 1.165) is 5.56 Å². The molecule has 0 aliphatic heterocycles. The van der Waals surface area contributed by atoms with Gasteiger partial charge in [0.25, 0.3) is 0 Å². The molecule has 0 unspecified atom stereocenters. The maximum absolute atomic E-state index is 12.8. The Kier molecular flexibility index (Phi) is 11.6. The number of carbonyl (C=O) groups excluding carboxylic acids is 3. The fourth-order valence-electron chi connectivity index (χ4n) is 2.91. The first-order valence-corrected chi connectivity index (χ1v) is 11.2. The summed E-state index contributed by atoms with van der Waals surface area (Å²) in [4.78, 5) is 47.9. The molecule has 0 aromatic heterocycles. The second-order valence-corrected chi connectivity index (χ2v) is 8.38. The number of hydrogen-bond donors (Lipinski definition) is 4. The Morgan fingerprint density at radius 1 is 1.03 bits per heavy atom. The number of thioether (sulfide) groups is 1. The summed E-state index contributed by atoms with van der Waals surface area (Å²) in [6.07, 6.45) is 3.25. The lowest BCUT2D eigenvalue weighted by atomic mass is 10.0. The van der Waals surface area contributed by atoms with Gasteiger partial charge in [-0.1, -0.05) is 44.2 Å². The van der Waals surface area contributed by atoms with E-state index in [9.17, 15) is 24.3 Å². The SMILES string of the molecule is CSCC[C@H](NC=O)C(=O)N[C@@H](CC(C)C)C(=O)N[C@H](Cc1ccccc1)C(=O)O. The Morgan fingerprint density at radius 3 is 2.17 bits per heavy atom. The van der Waals surface area contributed by atoms with E-state index in [2.05, 4.69) is 16.0 Å². The van der Waals surface area contributed by atoms with Crippen LogP contribution in [-0.4, -0.2) is 59.4 Å². The smallest absolute Gasteiger partial charge is 0.326 e. The zero-order valence-corrected chi connectivity index (χ0v) is 18.4. The summed E-state index contributed by atoms with van der Waals surface area (Å²) < 4.78 is 0. The predicted octanol–water partition coefficient (Wildman–Crippen LogP) is 1.20. The van der Waals surface area contributed by atoms with E-state index >= 15 is 0 Å². The van der Waals surface area contributed by atoms with Crippen LogP contribution in [0.4, 0.5) is 0 Å². The second kappa shape index (κ2) is 13.6. The van der Waals surface area contributed by atoms with Crippen LogP contribution in [-0.2, 0) is 25.6 Å². The van der Waals surface area contributed by atoms with E-state index in [1.165, 1.54) is 0 Å². The summed E-state index contributed by atoms with van der Waals surface area (Å²) in [7, 11) is 0. The van der Waals surface area contributed by atoms with Crippen molar-refractivity contribution in [2.24, 2.45) is 5.92 Å². The first-order valence-electron chi connectivity index (χ1n) is 9.84. The summed E-state index contributed by atoms with van der Waals surface area (Å²) in [6.45, 7) is 3.81. The Bertz CT molecular complexity index is 699. The molecule has 30 heavy (non-hydrogen) atoms. The molecule has 4 N–H and O–H groups in total. The molecular formula is C21H31N3O5S. The van der Waals surface area contributed by atoms with Gasteiger partial charge in [0, 0.05) is 6.42 Å². The van der Waals surface area contributed by atoms with Gasteiger partial charge in [0.2, 0.25) is 18.2 Å². The van der Waals surface area contributed by atoms with Crippen LogP contribution in [0.2, 0.25) is 0 Å². The lowest BCUT2D eigenvalue weighted by molar-refractivity contribution is -0.142. The predicted molar refractivity (Wildman–Crippen MR) is 117 cm³/mol. The van der Waals surface area contributed by atoms with Crippen LogP contribution >= 0.6 is 11.8 Å². The minimum absolute atomic E-state index is 0.0853. The monoisotopic (exact) mass is 437 g/mol. The molecule has 166 valence electrons. The molecule has 0 heterocycles. The molecule has 0 aliphatic carbocycles. The molecule has 0 saturated carbocycles. The van der Waals surface area contributed by atoms with Crippen LogP contribution < -0.4 is 16.0 Å². The van der Waals surface area contributed by atoms with Gasteiger partial charge in [0.1, 0.15) is 18.1 Å². The number of amides is 3. The molecule has 0 fully saturated rings. The lowest BCUT2D eigenvalue weighted by Crippen LogP contribution is -2.55. The van der Waals surface area contributed by atoms with Gasteiger partial charge >= 0.3 is 5.97 Å². The summed E-state index contributed by atoms with van der Waals surface area (Å²) in [6, 6.07) is 6.23. The van der Waals surface area contributed by atoms with Crippen LogP contribution in [0.5, 0.6) is 0 Å². The topological polar surface area (TPSA) is 125 Å². The van der Waals surface area contributed by atoms with Gasteiger partial charge in [-0.05, 0) is 36.3 Å². The van der Waals surface area contributed by atoms with E-state index in [1.807, 2.05) is 26.2 Å². The highest BCUT2D eigenvalue weighted by Gasteiger charge is 2.29. The van der Waals surface area contributed by atoms with Crippen molar-refractivity contribution in [1.29, 1.82) is 0 Å². The average molecular weight is 438 g/mol. The van der Waals surface area contributed by atoms with Crippen LogP contribution in [0.25, 0.3) is 0 Å². The molecule has 3 amide bonds. The van der Waals surface area contributed by atoms with Crippen LogP contribution in [0.3, 0.4) is 0 Å². The Labute approximate surface area is 181 Å². The first-order chi connectivity index (χ1) is 14.3. The number of hydrogen-bond acceptors (Lipinski definition) is 5. The molecule has 1 aromatic carbocycles. The third-order valence-corrected chi connectivity index (χ3v) is 5.08. The summed E-state index contributed by atoms with van der Waals surface area (Å²) in [5.41, 5.74) is 0.780. The van der Waals surface area contributed by atoms with Crippen LogP contribution in [0, 0.1) is 5.92 Å². The molecule has 0 bridgehead atoms. The molecule has 0 radical (unpaired) electrons. The highest BCUT2D eigenvalue weighted by atomic mass is 32.2. The number of carboxylic acid groups (broad SMARTS) is 1. The van der Waals surface area contributed by atoms with E-state index in [4.69, 9.17) is 0 Å². The van der Waals surface area contributed by atoms with Gasteiger partial charge in [0.15, 0.2) is 0 Å². The van der Waals surface area contributed by atoms with Crippen molar-refractivity contribution in [2.45, 2.75) is 51.2 Å². The van der Waals surface area contributed by atoms with E-state index in [1.54, 1.807) is 36.0 Å². The quantitative estimate of drug-likeness (QED) is 0.324. The zero-order chi connectivity index (χ0) is 22.5. The Hall–Kier alpha value is -2.55. The minimum Gasteiger partial charge on any atom is -0.480 e. The van der Waals surface area contributed by atoms with Crippen molar-refractivity contribution >= 4 is 36.0 Å². The van der Waals surface area contributed by atoms with Crippen molar-refractivity contribution in [3.63, 3.8) is 0 Å². The molecule has 0 aliphatic rings. The Morgan fingerprint density at radius 2 is 1.63 bits per heavy atom. The second-order valence-electron chi connectivity index (χ2n) is 7.40. The molecule has 0 saturated heterocycles. The molecule has 1 rings (SSSR count). The highest BCUT2D eigenvalue weighted by molar-refractivity contribution is 7.98. The third kappa shape index (κ3) is 9.30. The van der Waals surface area contributed by atoms with E-state index in [0.29, 0.717) is 25.0 Å². The van der Waals surface area contributed by atoms with Crippen molar-refractivity contribution in [3.8, 4) is 0 Å². The number of carboxylic acids is 1. The molecular weight excluding hydrogens is 406 g/mol. The van der Waals surface area contributed by atoms with Crippen molar-refractivity contribution < 1.29 is 24.3 Å². The number of benzene rings is 1. The summed E-state index contributed by atoms with van der Waals surface area (Å²) in [5, 5.41) is 17.2. The van der Waals surface area contributed by atoms with E-state index in [-0.39, 0.29) is 12.3 Å². The number of nitrogens with one attached hydrogen (secondary N) is 3. The van der Waals surface area contributed by atoms with Gasteiger partial charge < -0.3 is 21.1 Å². The number of aliphatic carboxylic acids is 1. The summed E-state index contributed by atoms with van der Waals surface area (Å²) in [5.74, 6) is -1.43. The average Bonchev–Trinajstić information content (AvgIpc) is 2.70. The number of carbonyl (C=O) groups is 4. The summed E-state index contributed by atoms with van der Waals surface area (Å²) >= 11 is 1.54. The molecule has 1 aromatic rings. The van der Waals surface area contributed by atoms with E-state index < -0.39 is 35.9 Å². The maximum Gasteiger partial charge on any atom is 0.326 e. The number of rotatable bonds is 14. The van der Waals surface area contributed by atoms with Gasteiger partial charge in [-0.15, -0.1) is 0 Å². The van der Waals surface area contributed by atoms with Crippen LogP contribution in [0.15, 0.2) is 30.3 Å². The van der Waals surface area contributed by atoms with Crippen molar-refractivity contribution in [1.82, 2.24) is 16.0 Å². The van der Waals surface area contributed by atoms with Crippen LogP contribution in [0.1, 0.15) is 32.3 Å². The van der Waals surface area contributed by atoms with Gasteiger partial charge in [-0.2, -0.15) is 11.8 Å². The first kappa shape index (κ1) is 25.5. The highest BCUT2D eigenvalue weighted by Crippen LogP contribution is 2.09. The van der Waals surface area contributed by atoms with Gasteiger partial charge in [-0.3, -0.25) is 14.4 Å². The minimum atomic E-state index is -1.15. The van der Waals surface area contributed by atoms with Gasteiger partial charge in [0.05, 0.1) is 0 Å². The molecule has 8 nitrogen and oxygen atoms in total.